The van der Waals surface area contributed by atoms with Crippen LogP contribution in [0.25, 0.3) is 22.1 Å². The number of sulfonamides is 1. The van der Waals surface area contributed by atoms with Gasteiger partial charge in [-0.1, -0.05) is 22.8 Å². The van der Waals surface area contributed by atoms with Gasteiger partial charge in [0, 0.05) is 39.8 Å². The van der Waals surface area contributed by atoms with Crippen LogP contribution in [0.3, 0.4) is 0 Å². The molecular weight excluding hydrogens is 616 g/mol. The molecule has 0 bridgehead atoms. The van der Waals surface area contributed by atoms with Crippen molar-refractivity contribution in [3.8, 4) is 22.6 Å². The maximum absolute atomic E-state index is 15.1. The Bertz CT molecular complexity index is 1930. The largest absolute Gasteiger partial charge is 0.465 e. The van der Waals surface area contributed by atoms with Crippen molar-refractivity contribution in [3.05, 3.63) is 71.5 Å². The normalized spacial score (nSPS) is 12.0. The molecule has 3 aromatic carbocycles. The summed E-state index contributed by atoms with van der Waals surface area (Å²) >= 11 is 6.97. The Hall–Kier alpha value is -4.34. The van der Waals surface area contributed by atoms with Crippen molar-refractivity contribution in [2.24, 2.45) is 0 Å². The van der Waals surface area contributed by atoms with Gasteiger partial charge in [-0.3, -0.25) is 9.62 Å². The zero-order chi connectivity index (χ0) is 30.4. The lowest BCUT2D eigenvalue weighted by Crippen LogP contribution is -2.45. The Kier molecular flexibility index (Phi) is 7.51. The number of carbonyl (C=O) groups is 1. The molecule has 0 aliphatic carbocycles. The van der Waals surface area contributed by atoms with Crippen molar-refractivity contribution in [1.29, 1.82) is 0 Å². The van der Waals surface area contributed by atoms with Gasteiger partial charge in [0.15, 0.2) is 23.0 Å². The molecule has 11 nitrogen and oxygen atoms in total. The van der Waals surface area contributed by atoms with Crippen LogP contribution >= 0.6 is 23.1 Å². The van der Waals surface area contributed by atoms with Crippen molar-refractivity contribution in [3.63, 3.8) is 0 Å². The van der Waals surface area contributed by atoms with Crippen molar-refractivity contribution >= 4 is 61.2 Å². The maximum atomic E-state index is 15.1. The summed E-state index contributed by atoms with van der Waals surface area (Å²) in [5.74, 6) is -2.92. The number of hydrogen-bond acceptors (Lipinski definition) is 9. The molecule has 2 aromatic heterocycles. The Morgan fingerprint density at radius 3 is 2.52 bits per heavy atom. The predicted octanol–water partition coefficient (Wildman–Crippen LogP) is 7.15. The van der Waals surface area contributed by atoms with Crippen LogP contribution in [-0.4, -0.2) is 39.7 Å². The molecule has 0 spiro atoms. The van der Waals surface area contributed by atoms with Crippen LogP contribution in [0.5, 0.6) is 11.5 Å². The molecule has 0 saturated carbocycles. The van der Waals surface area contributed by atoms with Crippen LogP contribution in [0.2, 0.25) is 5.02 Å². The summed E-state index contributed by atoms with van der Waals surface area (Å²) in [6.45, 7) is 5.10. The number of aromatic nitrogens is 3. The number of carboxylic acid groups (broad SMARTS) is 1. The molecule has 0 fully saturated rings. The maximum Gasteiger partial charge on any atom is 0.413 e. The van der Waals surface area contributed by atoms with E-state index in [4.69, 9.17) is 20.9 Å². The minimum absolute atomic E-state index is 0.0450. The van der Waals surface area contributed by atoms with Gasteiger partial charge >= 0.3 is 6.09 Å². The first-order valence-corrected chi connectivity index (χ1v) is 14.6. The number of rotatable bonds is 7. The van der Waals surface area contributed by atoms with Gasteiger partial charge in [0.2, 0.25) is 5.13 Å². The molecule has 0 unspecified atom stereocenters. The number of nitrogens with zero attached hydrogens (tertiary/aromatic N) is 4. The van der Waals surface area contributed by atoms with E-state index < -0.39 is 43.9 Å². The molecule has 1 amide bonds. The highest BCUT2D eigenvalue weighted by Crippen LogP contribution is 2.40. The molecule has 0 atom stereocenters. The Balaban J connectivity index is 1.54. The Labute approximate surface area is 246 Å². The summed E-state index contributed by atoms with van der Waals surface area (Å²) in [6.07, 6.45) is -0.134. The van der Waals surface area contributed by atoms with Gasteiger partial charge < -0.3 is 14.4 Å². The van der Waals surface area contributed by atoms with Gasteiger partial charge in [-0.15, -0.1) is 0 Å². The molecule has 0 aliphatic rings. The number of halogens is 3. The summed E-state index contributed by atoms with van der Waals surface area (Å²) in [5, 5.41) is 14.3. The highest BCUT2D eigenvalue weighted by molar-refractivity contribution is 7.93. The third-order valence-corrected chi connectivity index (χ3v) is 8.15. The van der Waals surface area contributed by atoms with E-state index in [0.717, 1.165) is 22.8 Å². The Morgan fingerprint density at radius 1 is 1.10 bits per heavy atom. The van der Waals surface area contributed by atoms with E-state index in [1.54, 1.807) is 39.0 Å². The lowest BCUT2D eigenvalue weighted by molar-refractivity contribution is 0.195. The molecule has 218 valence electrons. The molecule has 42 heavy (non-hydrogen) atoms. The molecule has 5 aromatic rings. The summed E-state index contributed by atoms with van der Waals surface area (Å²) < 4.78 is 72.0. The second-order valence-electron chi connectivity index (χ2n) is 9.81. The second-order valence-corrected chi connectivity index (χ2v) is 12.7. The Morgan fingerprint density at radius 2 is 1.86 bits per heavy atom. The number of fused-ring (bicyclic) bond motifs is 1. The van der Waals surface area contributed by atoms with E-state index in [-0.39, 0.29) is 16.7 Å². The minimum Gasteiger partial charge on any atom is -0.465 e. The number of amides is 1. The minimum atomic E-state index is -4.52. The molecular formula is C26H20ClF2N5O6S2. The van der Waals surface area contributed by atoms with Gasteiger partial charge in [-0.25, -0.2) is 27.0 Å². The summed E-state index contributed by atoms with van der Waals surface area (Å²) in [7, 11) is -4.52. The standard InChI is InChI=1S/C26H20ClF2N5O6S2/c1-26(2,3)34(25(35)36)23-16-8-13(4-6-20(16)40-32-23)15-9-14(27)5-7-19(15)39-21-10-18(29)22(11-17(21)28)42(37,38)33-24-30-12-31-41-24/h4-12H,1-3H3,(H,35,36)(H,30,31,33). The van der Waals surface area contributed by atoms with E-state index in [0.29, 0.717) is 39.3 Å². The fourth-order valence-electron chi connectivity index (χ4n) is 4.07. The summed E-state index contributed by atoms with van der Waals surface area (Å²) in [6, 6.07) is 10.3. The van der Waals surface area contributed by atoms with E-state index in [9.17, 15) is 22.7 Å². The fraction of sp³-hybridized carbons (Fsp3) is 0.154. The van der Waals surface area contributed by atoms with Crippen LogP contribution in [0.1, 0.15) is 20.8 Å². The lowest BCUT2D eigenvalue weighted by Gasteiger charge is -2.30. The SMILES string of the molecule is CC(C)(C)N(C(=O)O)c1noc2ccc(-c3cc(Cl)ccc3Oc3cc(F)c(S(=O)(=O)Nc4ncns4)cc3F)cc12. The number of anilines is 2. The predicted molar refractivity (Wildman–Crippen MR) is 152 cm³/mol. The first-order chi connectivity index (χ1) is 19.7. The quantitative estimate of drug-likeness (QED) is 0.190. The van der Waals surface area contributed by atoms with Gasteiger partial charge in [0.05, 0.1) is 5.39 Å². The third-order valence-electron chi connectivity index (χ3n) is 5.86. The van der Waals surface area contributed by atoms with E-state index >= 15 is 4.39 Å². The fourth-order valence-corrected chi connectivity index (χ4v) is 5.97. The monoisotopic (exact) mass is 635 g/mol. The van der Waals surface area contributed by atoms with E-state index in [1.807, 2.05) is 4.72 Å². The number of hydrogen-bond donors (Lipinski definition) is 2. The van der Waals surface area contributed by atoms with Gasteiger partial charge in [0.25, 0.3) is 10.0 Å². The second kappa shape index (κ2) is 10.8. The first-order valence-electron chi connectivity index (χ1n) is 11.9. The highest BCUT2D eigenvalue weighted by Gasteiger charge is 2.32. The summed E-state index contributed by atoms with van der Waals surface area (Å²) in [4.78, 5) is 15.8. The number of nitrogens with one attached hydrogen (secondary N) is 1. The van der Waals surface area contributed by atoms with Crippen LogP contribution in [-0.2, 0) is 10.0 Å². The molecule has 2 N–H and O–H groups in total. The van der Waals surface area contributed by atoms with Crippen LogP contribution in [0, 0.1) is 11.6 Å². The smallest absolute Gasteiger partial charge is 0.413 e. The third kappa shape index (κ3) is 5.70. The molecule has 0 radical (unpaired) electrons. The molecule has 16 heteroatoms. The van der Waals surface area contributed by atoms with E-state index in [1.165, 1.54) is 18.2 Å². The average molecular weight is 636 g/mol. The molecule has 0 saturated heterocycles. The lowest BCUT2D eigenvalue weighted by atomic mass is 10.0. The van der Waals surface area contributed by atoms with Gasteiger partial charge in [-0.05, 0) is 56.7 Å². The number of ether oxygens (including phenoxy) is 1. The average Bonchev–Trinajstić information content (AvgIpc) is 3.55. The molecule has 2 heterocycles. The van der Waals surface area contributed by atoms with Crippen molar-refractivity contribution < 1.29 is 36.4 Å². The first kappa shape index (κ1) is 29.2. The zero-order valence-electron chi connectivity index (χ0n) is 21.9. The topological polar surface area (TPSA) is 148 Å². The van der Waals surface area contributed by atoms with Gasteiger partial charge in [-0.2, -0.15) is 4.37 Å². The molecule has 5 rings (SSSR count). The zero-order valence-corrected chi connectivity index (χ0v) is 24.3. The highest BCUT2D eigenvalue weighted by atomic mass is 35.5. The van der Waals surface area contributed by atoms with Crippen molar-refractivity contribution in [2.45, 2.75) is 31.2 Å². The molecule has 0 aliphatic heterocycles. The van der Waals surface area contributed by atoms with Crippen LogP contribution < -0.4 is 14.4 Å². The van der Waals surface area contributed by atoms with Crippen LogP contribution in [0.4, 0.5) is 24.5 Å². The van der Waals surface area contributed by atoms with E-state index in [2.05, 4.69) is 14.5 Å². The van der Waals surface area contributed by atoms with Crippen LogP contribution in [0.15, 0.2) is 64.3 Å². The van der Waals surface area contributed by atoms with Crippen molar-refractivity contribution in [1.82, 2.24) is 14.5 Å². The van der Waals surface area contributed by atoms with Gasteiger partial charge in [0.1, 0.15) is 22.8 Å². The number of benzene rings is 3. The van der Waals surface area contributed by atoms with Crippen molar-refractivity contribution in [2.75, 3.05) is 9.62 Å². The summed E-state index contributed by atoms with van der Waals surface area (Å²) in [5.41, 5.74) is 0.249.